The lowest BCUT2D eigenvalue weighted by Gasteiger charge is -2.34. The number of nitrogens with one attached hydrogen (secondary N) is 1. The number of furan rings is 1. The molecule has 3 aromatic heterocycles. The van der Waals surface area contributed by atoms with Gasteiger partial charge in [-0.05, 0) is 50.8 Å². The van der Waals surface area contributed by atoms with Crippen molar-refractivity contribution in [3.05, 3.63) is 52.8 Å². The number of piperidine rings is 1. The summed E-state index contributed by atoms with van der Waals surface area (Å²) in [4.78, 5) is 24.1. The standard InChI is InChI=1S/C21H24N6O2S/c1-3-18-25-26-21(30-18)24-17-13-14(2)22-20(23-17)16-8-4-5-11-27(16)19(28)10-9-15-7-6-12-29-15/h6-7,9-10,12-13,16H,3-5,8,11H2,1-2H3,(H,22,23,24,26)/b10-9+/t16-/m0/s1. The van der Waals surface area contributed by atoms with Crippen LogP contribution in [0.4, 0.5) is 10.9 Å². The summed E-state index contributed by atoms with van der Waals surface area (Å²) in [6.45, 7) is 4.66. The molecule has 4 rings (SSSR count). The van der Waals surface area contributed by atoms with Crippen molar-refractivity contribution in [2.45, 2.75) is 45.6 Å². The number of hydrogen-bond donors (Lipinski definition) is 1. The Kier molecular flexibility index (Phi) is 6.18. The van der Waals surface area contributed by atoms with Crippen molar-refractivity contribution < 1.29 is 9.21 Å². The maximum atomic E-state index is 12.9. The van der Waals surface area contributed by atoms with Gasteiger partial charge in [-0.25, -0.2) is 9.97 Å². The van der Waals surface area contributed by atoms with Gasteiger partial charge < -0.3 is 14.6 Å². The number of likely N-dealkylation sites (tertiary alicyclic amines) is 1. The molecular weight excluding hydrogens is 400 g/mol. The molecule has 1 aliphatic rings. The molecule has 0 aromatic carbocycles. The zero-order valence-electron chi connectivity index (χ0n) is 17.0. The van der Waals surface area contributed by atoms with Gasteiger partial charge in [0, 0.05) is 24.4 Å². The first kappa shape index (κ1) is 20.2. The van der Waals surface area contributed by atoms with Crippen LogP contribution < -0.4 is 5.32 Å². The molecule has 30 heavy (non-hydrogen) atoms. The minimum atomic E-state index is -0.159. The summed E-state index contributed by atoms with van der Waals surface area (Å²) in [5, 5.41) is 13.2. The summed E-state index contributed by atoms with van der Waals surface area (Å²) in [5.41, 5.74) is 0.840. The van der Waals surface area contributed by atoms with Crippen molar-refractivity contribution in [1.29, 1.82) is 0 Å². The van der Waals surface area contributed by atoms with Gasteiger partial charge >= 0.3 is 0 Å². The lowest BCUT2D eigenvalue weighted by Crippen LogP contribution is -2.38. The molecule has 0 spiro atoms. The van der Waals surface area contributed by atoms with Crippen LogP contribution in [0.15, 0.2) is 35.0 Å². The summed E-state index contributed by atoms with van der Waals surface area (Å²) in [7, 11) is 0. The van der Waals surface area contributed by atoms with Crippen LogP contribution in [-0.2, 0) is 11.2 Å². The van der Waals surface area contributed by atoms with Crippen molar-refractivity contribution in [3.63, 3.8) is 0 Å². The van der Waals surface area contributed by atoms with Gasteiger partial charge in [-0.2, -0.15) is 0 Å². The third kappa shape index (κ3) is 4.73. The van der Waals surface area contributed by atoms with Crippen molar-refractivity contribution >= 4 is 34.3 Å². The Hall–Kier alpha value is -3.07. The second-order valence-electron chi connectivity index (χ2n) is 7.12. The zero-order valence-corrected chi connectivity index (χ0v) is 17.9. The first-order valence-electron chi connectivity index (χ1n) is 10.1. The molecule has 8 nitrogen and oxygen atoms in total. The van der Waals surface area contributed by atoms with Crippen molar-refractivity contribution in [1.82, 2.24) is 25.1 Å². The van der Waals surface area contributed by atoms with Gasteiger partial charge in [0.2, 0.25) is 11.0 Å². The topological polar surface area (TPSA) is 97.0 Å². The van der Waals surface area contributed by atoms with Gasteiger partial charge in [0.05, 0.1) is 12.3 Å². The van der Waals surface area contributed by atoms with E-state index >= 15 is 0 Å². The Morgan fingerprint density at radius 2 is 2.27 bits per heavy atom. The van der Waals surface area contributed by atoms with Crippen LogP contribution in [0.2, 0.25) is 0 Å². The quantitative estimate of drug-likeness (QED) is 0.589. The normalized spacial score (nSPS) is 16.9. The number of aromatic nitrogens is 4. The second-order valence-corrected chi connectivity index (χ2v) is 8.19. The first-order valence-corrected chi connectivity index (χ1v) is 10.9. The molecule has 1 saturated heterocycles. The highest BCUT2D eigenvalue weighted by molar-refractivity contribution is 7.15. The molecule has 156 valence electrons. The van der Waals surface area contributed by atoms with Crippen LogP contribution in [0.1, 0.15) is 54.5 Å². The van der Waals surface area contributed by atoms with E-state index in [0.717, 1.165) is 36.4 Å². The van der Waals surface area contributed by atoms with Crippen LogP contribution in [0, 0.1) is 6.92 Å². The summed E-state index contributed by atoms with van der Waals surface area (Å²) in [6, 6.07) is 5.33. The molecule has 3 aromatic rings. The van der Waals surface area contributed by atoms with Gasteiger partial charge in [-0.3, -0.25) is 4.79 Å². The van der Waals surface area contributed by atoms with E-state index in [9.17, 15) is 4.79 Å². The highest BCUT2D eigenvalue weighted by Crippen LogP contribution is 2.30. The van der Waals surface area contributed by atoms with Gasteiger partial charge in [0.1, 0.15) is 16.6 Å². The number of aryl methyl sites for hydroxylation is 2. The lowest BCUT2D eigenvalue weighted by molar-refractivity contribution is -0.129. The maximum Gasteiger partial charge on any atom is 0.247 e. The predicted molar refractivity (Wildman–Crippen MR) is 115 cm³/mol. The number of rotatable bonds is 6. The van der Waals surface area contributed by atoms with Crippen molar-refractivity contribution in [3.8, 4) is 0 Å². The maximum absolute atomic E-state index is 12.9. The fraction of sp³-hybridized carbons (Fsp3) is 0.381. The summed E-state index contributed by atoms with van der Waals surface area (Å²) >= 11 is 1.51. The minimum Gasteiger partial charge on any atom is -0.465 e. The van der Waals surface area contributed by atoms with Crippen LogP contribution in [0.3, 0.4) is 0 Å². The molecule has 0 saturated carbocycles. The molecule has 1 fully saturated rings. The Labute approximate surface area is 179 Å². The summed E-state index contributed by atoms with van der Waals surface area (Å²) in [6.07, 6.45) is 8.52. The molecule has 1 amide bonds. The predicted octanol–water partition coefficient (Wildman–Crippen LogP) is 4.30. The van der Waals surface area contributed by atoms with Gasteiger partial charge in [-0.15, -0.1) is 10.2 Å². The van der Waals surface area contributed by atoms with Crippen LogP contribution in [-0.4, -0.2) is 37.5 Å². The average Bonchev–Trinajstić information content (AvgIpc) is 3.43. The second kappa shape index (κ2) is 9.17. The molecule has 1 aliphatic heterocycles. The van der Waals surface area contributed by atoms with E-state index < -0.39 is 0 Å². The van der Waals surface area contributed by atoms with E-state index in [0.29, 0.717) is 29.1 Å². The molecular formula is C21H24N6O2S. The first-order chi connectivity index (χ1) is 14.6. The zero-order chi connectivity index (χ0) is 20.9. The van der Waals surface area contributed by atoms with Crippen molar-refractivity contribution in [2.24, 2.45) is 0 Å². The van der Waals surface area contributed by atoms with E-state index in [1.54, 1.807) is 24.5 Å². The molecule has 1 atom stereocenters. The highest BCUT2D eigenvalue weighted by Gasteiger charge is 2.29. The smallest absolute Gasteiger partial charge is 0.247 e. The Morgan fingerprint density at radius 3 is 3.03 bits per heavy atom. The van der Waals surface area contributed by atoms with Gasteiger partial charge in [0.15, 0.2) is 5.82 Å². The van der Waals surface area contributed by atoms with E-state index in [1.165, 1.54) is 11.3 Å². The van der Waals surface area contributed by atoms with E-state index in [1.807, 2.05) is 30.9 Å². The molecule has 9 heteroatoms. The molecule has 0 unspecified atom stereocenters. The molecule has 4 heterocycles. The molecule has 0 aliphatic carbocycles. The number of nitrogens with zero attached hydrogens (tertiary/aromatic N) is 5. The van der Waals surface area contributed by atoms with E-state index in [2.05, 4.69) is 20.5 Å². The lowest BCUT2D eigenvalue weighted by atomic mass is 10.0. The fourth-order valence-corrected chi connectivity index (χ4v) is 4.15. The molecule has 0 bridgehead atoms. The Balaban J connectivity index is 1.55. The van der Waals surface area contributed by atoms with E-state index in [4.69, 9.17) is 9.40 Å². The number of amides is 1. The summed E-state index contributed by atoms with van der Waals surface area (Å²) < 4.78 is 5.28. The van der Waals surface area contributed by atoms with E-state index in [-0.39, 0.29) is 11.9 Å². The number of hydrogen-bond acceptors (Lipinski definition) is 8. The number of anilines is 2. The monoisotopic (exact) mass is 424 g/mol. The van der Waals surface area contributed by atoms with Gasteiger partial charge in [-0.1, -0.05) is 18.3 Å². The van der Waals surface area contributed by atoms with Gasteiger partial charge in [0.25, 0.3) is 0 Å². The third-order valence-electron chi connectivity index (χ3n) is 4.89. The third-order valence-corrected chi connectivity index (χ3v) is 5.88. The number of carbonyl (C=O) groups is 1. The molecule has 1 N–H and O–H groups in total. The Bertz CT molecular complexity index is 1030. The summed E-state index contributed by atoms with van der Waals surface area (Å²) in [5.74, 6) is 1.91. The highest BCUT2D eigenvalue weighted by atomic mass is 32.1. The minimum absolute atomic E-state index is 0.0626. The van der Waals surface area contributed by atoms with Crippen LogP contribution in [0.25, 0.3) is 6.08 Å². The fourth-order valence-electron chi connectivity index (χ4n) is 3.46. The van der Waals surface area contributed by atoms with Crippen molar-refractivity contribution in [2.75, 3.05) is 11.9 Å². The molecule has 0 radical (unpaired) electrons. The van der Waals surface area contributed by atoms with Crippen LogP contribution in [0.5, 0.6) is 0 Å². The van der Waals surface area contributed by atoms with Crippen LogP contribution >= 0.6 is 11.3 Å². The number of carbonyl (C=O) groups excluding carboxylic acids is 1. The SMILES string of the molecule is CCc1nnc(Nc2cc(C)nc([C@@H]3CCCCN3C(=O)/C=C/c3ccco3)n2)s1. The largest absolute Gasteiger partial charge is 0.465 e. The average molecular weight is 425 g/mol. The Morgan fingerprint density at radius 1 is 1.37 bits per heavy atom.